The highest BCUT2D eigenvalue weighted by molar-refractivity contribution is 6.30. The molecule has 2 heterocycles. The van der Waals surface area contributed by atoms with Crippen LogP contribution < -0.4 is 10.5 Å². The standard InChI is InChI=1S/C18H12ClF3N4O2/c19-11-5-3-10(4-6-11)14-16(15-12(17(23)27)2-1-7-24-15)25-8-13(26-14)28-9-18(20,21)22/h1-8H,9H2,(H2,23,27). The average molecular weight is 409 g/mol. The van der Waals surface area contributed by atoms with Gasteiger partial charge in [-0.05, 0) is 24.3 Å². The lowest BCUT2D eigenvalue weighted by atomic mass is 10.0. The molecule has 0 saturated heterocycles. The van der Waals surface area contributed by atoms with E-state index < -0.39 is 18.7 Å². The van der Waals surface area contributed by atoms with Crippen LogP contribution in [0, 0.1) is 0 Å². The van der Waals surface area contributed by atoms with E-state index in [1.165, 1.54) is 18.3 Å². The van der Waals surface area contributed by atoms with Gasteiger partial charge in [0.2, 0.25) is 5.88 Å². The molecule has 0 bridgehead atoms. The Morgan fingerprint density at radius 1 is 1.07 bits per heavy atom. The molecule has 0 radical (unpaired) electrons. The number of ether oxygens (including phenoxy) is 1. The number of aromatic nitrogens is 3. The predicted octanol–water partition coefficient (Wildman–Crippen LogP) is 3.90. The first-order chi connectivity index (χ1) is 13.2. The van der Waals surface area contributed by atoms with Crippen molar-refractivity contribution in [2.45, 2.75) is 6.18 Å². The zero-order valence-corrected chi connectivity index (χ0v) is 14.8. The molecule has 6 nitrogen and oxygen atoms in total. The monoisotopic (exact) mass is 408 g/mol. The topological polar surface area (TPSA) is 91.0 Å². The molecule has 3 aromatic rings. The average Bonchev–Trinajstić information content (AvgIpc) is 2.66. The fraction of sp³-hybridized carbons (Fsp3) is 0.111. The van der Waals surface area contributed by atoms with Crippen LogP contribution in [-0.2, 0) is 0 Å². The van der Waals surface area contributed by atoms with Crippen molar-refractivity contribution in [1.82, 2.24) is 15.0 Å². The highest BCUT2D eigenvalue weighted by Gasteiger charge is 2.29. The molecule has 2 N–H and O–H groups in total. The summed E-state index contributed by atoms with van der Waals surface area (Å²) in [6, 6.07) is 9.37. The van der Waals surface area contributed by atoms with Crippen molar-refractivity contribution in [3.63, 3.8) is 0 Å². The molecule has 0 atom stereocenters. The Kier molecular flexibility index (Phi) is 5.46. The molecule has 0 aliphatic heterocycles. The summed E-state index contributed by atoms with van der Waals surface area (Å²) in [4.78, 5) is 24.1. The molecule has 0 aliphatic carbocycles. The SMILES string of the molecule is NC(=O)c1cccnc1-c1ncc(OCC(F)(F)F)nc1-c1ccc(Cl)cc1. The van der Waals surface area contributed by atoms with Gasteiger partial charge in [0.1, 0.15) is 17.1 Å². The second-order valence-corrected chi connectivity index (χ2v) is 6.02. The van der Waals surface area contributed by atoms with Gasteiger partial charge < -0.3 is 10.5 Å². The lowest BCUT2D eigenvalue weighted by Gasteiger charge is -2.13. The summed E-state index contributed by atoms with van der Waals surface area (Å²) in [5, 5.41) is 0.457. The maximum absolute atomic E-state index is 12.4. The van der Waals surface area contributed by atoms with E-state index in [-0.39, 0.29) is 28.5 Å². The van der Waals surface area contributed by atoms with Crippen LogP contribution in [0.25, 0.3) is 22.6 Å². The quantitative estimate of drug-likeness (QED) is 0.691. The van der Waals surface area contributed by atoms with Crippen LogP contribution in [0.5, 0.6) is 5.88 Å². The first kappa shape index (κ1) is 19.6. The molecule has 2 aromatic heterocycles. The zero-order valence-electron chi connectivity index (χ0n) is 14.1. The summed E-state index contributed by atoms with van der Waals surface area (Å²) in [5.41, 5.74) is 6.45. The number of carbonyl (C=O) groups is 1. The smallest absolute Gasteiger partial charge is 0.422 e. The number of nitrogens with zero attached hydrogens (tertiary/aromatic N) is 3. The molecule has 0 aliphatic rings. The van der Waals surface area contributed by atoms with Gasteiger partial charge in [-0.3, -0.25) is 9.78 Å². The number of hydrogen-bond acceptors (Lipinski definition) is 5. The number of primary amides is 1. The van der Waals surface area contributed by atoms with E-state index in [4.69, 9.17) is 17.3 Å². The van der Waals surface area contributed by atoms with Crippen LogP contribution in [0.4, 0.5) is 13.2 Å². The number of nitrogens with two attached hydrogens (primary N) is 1. The maximum atomic E-state index is 12.4. The third-order valence-corrected chi connectivity index (χ3v) is 3.80. The summed E-state index contributed by atoms with van der Waals surface area (Å²) in [6.07, 6.45) is -2.07. The van der Waals surface area contributed by atoms with Gasteiger partial charge in [0, 0.05) is 16.8 Å². The molecule has 0 unspecified atom stereocenters. The Bertz CT molecular complexity index is 1010. The van der Waals surface area contributed by atoms with Gasteiger partial charge >= 0.3 is 6.18 Å². The fourth-order valence-electron chi connectivity index (χ4n) is 2.37. The molecule has 0 saturated carbocycles. The highest BCUT2D eigenvalue weighted by Crippen LogP contribution is 2.32. The molecule has 1 aromatic carbocycles. The van der Waals surface area contributed by atoms with E-state index in [2.05, 4.69) is 19.7 Å². The van der Waals surface area contributed by atoms with Crippen molar-refractivity contribution in [3.8, 4) is 28.5 Å². The van der Waals surface area contributed by atoms with E-state index in [1.54, 1.807) is 24.3 Å². The van der Waals surface area contributed by atoms with Crippen LogP contribution >= 0.6 is 11.6 Å². The zero-order chi connectivity index (χ0) is 20.3. The van der Waals surface area contributed by atoms with Crippen LogP contribution in [0.15, 0.2) is 48.8 Å². The number of rotatable bonds is 5. The Hall–Kier alpha value is -3.20. The Morgan fingerprint density at radius 3 is 2.43 bits per heavy atom. The molecular weight excluding hydrogens is 397 g/mol. The van der Waals surface area contributed by atoms with Gasteiger partial charge in [-0.15, -0.1) is 0 Å². The molecule has 10 heteroatoms. The van der Waals surface area contributed by atoms with Gasteiger partial charge in [-0.2, -0.15) is 13.2 Å². The minimum Gasteiger partial charge on any atom is -0.467 e. The lowest BCUT2D eigenvalue weighted by Crippen LogP contribution is -2.20. The molecule has 28 heavy (non-hydrogen) atoms. The van der Waals surface area contributed by atoms with Crippen LogP contribution in [0.3, 0.4) is 0 Å². The second kappa shape index (κ2) is 7.81. The van der Waals surface area contributed by atoms with Crippen molar-refractivity contribution in [2.75, 3.05) is 6.61 Å². The van der Waals surface area contributed by atoms with Gasteiger partial charge in [0.05, 0.1) is 11.8 Å². The number of amides is 1. The number of carbonyl (C=O) groups excluding carboxylic acids is 1. The fourth-order valence-corrected chi connectivity index (χ4v) is 2.50. The molecular formula is C18H12ClF3N4O2. The first-order valence-electron chi connectivity index (χ1n) is 7.82. The van der Waals surface area contributed by atoms with Gasteiger partial charge in [-0.1, -0.05) is 23.7 Å². The van der Waals surface area contributed by atoms with Gasteiger partial charge in [-0.25, -0.2) is 9.97 Å². The number of hydrogen-bond donors (Lipinski definition) is 1. The van der Waals surface area contributed by atoms with Crippen molar-refractivity contribution in [1.29, 1.82) is 0 Å². The molecule has 0 fully saturated rings. The summed E-state index contributed by atoms with van der Waals surface area (Å²) in [6.45, 7) is -1.52. The normalized spacial score (nSPS) is 11.3. The Morgan fingerprint density at radius 2 is 1.79 bits per heavy atom. The van der Waals surface area contributed by atoms with E-state index in [0.29, 0.717) is 10.6 Å². The molecule has 1 amide bonds. The number of alkyl halides is 3. The summed E-state index contributed by atoms with van der Waals surface area (Å²) >= 11 is 5.89. The Labute approximate surface area is 162 Å². The van der Waals surface area contributed by atoms with Crippen molar-refractivity contribution >= 4 is 17.5 Å². The maximum Gasteiger partial charge on any atom is 0.422 e. The minimum absolute atomic E-state index is 0.0935. The van der Waals surface area contributed by atoms with Crippen LogP contribution in [0.1, 0.15) is 10.4 Å². The minimum atomic E-state index is -4.53. The van der Waals surface area contributed by atoms with E-state index >= 15 is 0 Å². The summed E-state index contributed by atoms with van der Waals surface area (Å²) in [5.74, 6) is -1.06. The Balaban J connectivity index is 2.14. The molecule has 3 rings (SSSR count). The van der Waals surface area contributed by atoms with E-state index in [0.717, 1.165) is 6.20 Å². The summed E-state index contributed by atoms with van der Waals surface area (Å²) < 4.78 is 42.0. The van der Waals surface area contributed by atoms with Crippen molar-refractivity contribution in [2.24, 2.45) is 5.73 Å². The molecule has 0 spiro atoms. The lowest BCUT2D eigenvalue weighted by molar-refractivity contribution is -0.154. The van der Waals surface area contributed by atoms with E-state index in [9.17, 15) is 18.0 Å². The third-order valence-electron chi connectivity index (χ3n) is 3.55. The predicted molar refractivity (Wildman–Crippen MR) is 95.8 cm³/mol. The first-order valence-corrected chi connectivity index (χ1v) is 8.20. The van der Waals surface area contributed by atoms with Crippen molar-refractivity contribution in [3.05, 3.63) is 59.4 Å². The summed E-state index contributed by atoms with van der Waals surface area (Å²) in [7, 11) is 0. The number of halogens is 4. The third kappa shape index (κ3) is 4.55. The van der Waals surface area contributed by atoms with Crippen LogP contribution in [0.2, 0.25) is 5.02 Å². The van der Waals surface area contributed by atoms with Crippen LogP contribution in [-0.4, -0.2) is 33.6 Å². The van der Waals surface area contributed by atoms with Gasteiger partial charge in [0.15, 0.2) is 6.61 Å². The molecule has 144 valence electrons. The highest BCUT2D eigenvalue weighted by atomic mass is 35.5. The van der Waals surface area contributed by atoms with Gasteiger partial charge in [0.25, 0.3) is 5.91 Å². The van der Waals surface area contributed by atoms with E-state index in [1.807, 2.05) is 0 Å². The number of pyridine rings is 1. The largest absolute Gasteiger partial charge is 0.467 e. The second-order valence-electron chi connectivity index (χ2n) is 5.58. The number of benzene rings is 1. The van der Waals surface area contributed by atoms with Crippen molar-refractivity contribution < 1.29 is 22.7 Å².